The first-order chi connectivity index (χ1) is 9.97. The van der Waals surface area contributed by atoms with Crippen molar-refractivity contribution in [2.24, 2.45) is 28.6 Å². The molecule has 0 unspecified atom stereocenters. The first kappa shape index (κ1) is 14.0. The van der Waals surface area contributed by atoms with E-state index in [0.29, 0.717) is 30.0 Å². The summed E-state index contributed by atoms with van der Waals surface area (Å²) in [6, 6.07) is 0. The molecule has 0 bridgehead atoms. The summed E-state index contributed by atoms with van der Waals surface area (Å²) in [6.07, 6.45) is 9.10. The number of fused-ring (bicyclic) bond motifs is 5. The van der Waals surface area contributed by atoms with Gasteiger partial charge in [-0.25, -0.2) is 4.39 Å². The zero-order valence-corrected chi connectivity index (χ0v) is 13.4. The van der Waals surface area contributed by atoms with Crippen molar-refractivity contribution in [3.63, 3.8) is 0 Å². The molecule has 3 saturated carbocycles. The first-order valence-corrected chi connectivity index (χ1v) is 8.88. The first-order valence-electron chi connectivity index (χ1n) is 8.88. The predicted molar refractivity (Wildman–Crippen MR) is 81.4 cm³/mol. The van der Waals surface area contributed by atoms with Crippen molar-refractivity contribution in [3.05, 3.63) is 11.4 Å². The zero-order chi connectivity index (χ0) is 14.8. The minimum atomic E-state index is -0.135. The molecule has 0 aromatic carbocycles. The Labute approximate surface area is 127 Å². The molecule has 0 radical (unpaired) electrons. The molecule has 1 nitrogen and oxygen atoms in total. The maximum Gasteiger partial charge on any atom is 0.139 e. The van der Waals surface area contributed by atoms with E-state index in [2.05, 4.69) is 13.8 Å². The van der Waals surface area contributed by atoms with Gasteiger partial charge < -0.3 is 0 Å². The standard InChI is InChI=1S/C19H27FO/c1-18-9-4-3-5-15(18)16(20)11-12-13-6-7-17(21)19(13,2)10-8-14(12)18/h12-14H,3-11H2,1-2H3/t12-,13-,14-,18+,19+/m1/s1. The van der Waals surface area contributed by atoms with Crippen molar-refractivity contribution in [1.29, 1.82) is 0 Å². The molecule has 0 heterocycles. The van der Waals surface area contributed by atoms with Crippen LogP contribution in [-0.2, 0) is 4.79 Å². The number of carbonyl (C=O) groups is 1. The van der Waals surface area contributed by atoms with Gasteiger partial charge in [0.15, 0.2) is 0 Å². The Hall–Kier alpha value is -0.660. The Morgan fingerprint density at radius 3 is 2.57 bits per heavy atom. The van der Waals surface area contributed by atoms with Gasteiger partial charge in [0.2, 0.25) is 0 Å². The SMILES string of the molecule is C[C@]12CC[C@@H]3[C@H](CC(F)=C4CCCC[C@]43C)[C@H]1CCC2=O. The van der Waals surface area contributed by atoms with Crippen LogP contribution in [0.15, 0.2) is 11.4 Å². The van der Waals surface area contributed by atoms with Gasteiger partial charge in [-0.05, 0) is 67.3 Å². The monoisotopic (exact) mass is 290 g/mol. The van der Waals surface area contributed by atoms with Gasteiger partial charge in [0.05, 0.1) is 5.83 Å². The smallest absolute Gasteiger partial charge is 0.139 e. The molecule has 0 aromatic heterocycles. The summed E-state index contributed by atoms with van der Waals surface area (Å²) >= 11 is 0. The summed E-state index contributed by atoms with van der Waals surface area (Å²) in [7, 11) is 0. The summed E-state index contributed by atoms with van der Waals surface area (Å²) in [5.74, 6) is 2.13. The fraction of sp³-hybridized carbons (Fsp3) is 0.842. The molecule has 0 N–H and O–H groups in total. The highest BCUT2D eigenvalue weighted by atomic mass is 19.1. The van der Waals surface area contributed by atoms with Gasteiger partial charge in [0, 0.05) is 18.3 Å². The number of halogens is 1. The van der Waals surface area contributed by atoms with Crippen LogP contribution in [0.25, 0.3) is 0 Å². The molecule has 0 amide bonds. The average molecular weight is 290 g/mol. The molecule has 3 fully saturated rings. The van der Waals surface area contributed by atoms with Crippen LogP contribution in [0.5, 0.6) is 0 Å². The number of carbonyl (C=O) groups excluding carboxylic acids is 1. The molecule has 4 rings (SSSR count). The van der Waals surface area contributed by atoms with Crippen LogP contribution < -0.4 is 0 Å². The van der Waals surface area contributed by atoms with Crippen molar-refractivity contribution in [2.45, 2.75) is 71.6 Å². The third-order valence-corrected chi connectivity index (χ3v) is 7.77. The largest absolute Gasteiger partial charge is 0.299 e. The maximum absolute atomic E-state index is 14.8. The van der Waals surface area contributed by atoms with E-state index in [0.717, 1.165) is 50.5 Å². The fourth-order valence-corrected chi connectivity index (χ4v) is 6.55. The van der Waals surface area contributed by atoms with Gasteiger partial charge in [0.25, 0.3) is 0 Å². The van der Waals surface area contributed by atoms with Gasteiger partial charge in [-0.3, -0.25) is 4.79 Å². The number of rotatable bonds is 0. The zero-order valence-electron chi connectivity index (χ0n) is 13.4. The van der Waals surface area contributed by atoms with Crippen LogP contribution in [0.1, 0.15) is 71.6 Å². The van der Waals surface area contributed by atoms with Crippen molar-refractivity contribution < 1.29 is 9.18 Å². The lowest BCUT2D eigenvalue weighted by Crippen LogP contribution is -2.50. The minimum Gasteiger partial charge on any atom is -0.299 e. The topological polar surface area (TPSA) is 17.1 Å². The van der Waals surface area contributed by atoms with E-state index in [4.69, 9.17) is 0 Å². The molecule has 21 heavy (non-hydrogen) atoms. The number of ketones is 1. The van der Waals surface area contributed by atoms with E-state index in [9.17, 15) is 9.18 Å². The molecular weight excluding hydrogens is 263 g/mol. The molecule has 4 aliphatic rings. The van der Waals surface area contributed by atoms with Crippen LogP contribution in [0.2, 0.25) is 0 Å². The normalized spacial score (nSPS) is 49.7. The van der Waals surface area contributed by atoms with E-state index < -0.39 is 0 Å². The number of hydrogen-bond donors (Lipinski definition) is 0. The predicted octanol–water partition coefficient (Wildman–Crippen LogP) is 5.21. The van der Waals surface area contributed by atoms with Crippen LogP contribution in [-0.4, -0.2) is 5.78 Å². The molecule has 0 saturated heterocycles. The van der Waals surface area contributed by atoms with Crippen molar-refractivity contribution >= 4 is 5.78 Å². The molecule has 4 aliphatic carbocycles. The summed E-state index contributed by atoms with van der Waals surface area (Å²) in [4.78, 5) is 12.3. The van der Waals surface area contributed by atoms with Gasteiger partial charge in [-0.15, -0.1) is 0 Å². The lowest BCUT2D eigenvalue weighted by molar-refractivity contribution is -0.132. The van der Waals surface area contributed by atoms with Crippen molar-refractivity contribution in [3.8, 4) is 0 Å². The Morgan fingerprint density at radius 2 is 1.76 bits per heavy atom. The highest BCUT2D eigenvalue weighted by molar-refractivity contribution is 5.87. The summed E-state index contributed by atoms with van der Waals surface area (Å²) in [5.41, 5.74) is 1.12. The summed E-state index contributed by atoms with van der Waals surface area (Å²) in [6.45, 7) is 4.50. The Balaban J connectivity index is 1.75. The molecule has 0 aromatic rings. The third-order valence-electron chi connectivity index (χ3n) is 7.77. The number of Topliss-reactive ketones (excluding diaryl/α,β-unsaturated/α-hetero) is 1. The van der Waals surface area contributed by atoms with Crippen LogP contribution in [0.4, 0.5) is 4.39 Å². The van der Waals surface area contributed by atoms with Crippen LogP contribution in [0.3, 0.4) is 0 Å². The lowest BCUT2D eigenvalue weighted by Gasteiger charge is -2.56. The lowest BCUT2D eigenvalue weighted by atomic mass is 9.48. The average Bonchev–Trinajstić information content (AvgIpc) is 2.75. The van der Waals surface area contributed by atoms with E-state index >= 15 is 0 Å². The van der Waals surface area contributed by atoms with E-state index in [1.807, 2.05) is 0 Å². The Bertz CT molecular complexity index is 522. The summed E-state index contributed by atoms with van der Waals surface area (Å²) in [5, 5.41) is 0. The van der Waals surface area contributed by atoms with Crippen LogP contribution >= 0.6 is 0 Å². The van der Waals surface area contributed by atoms with Crippen LogP contribution in [0, 0.1) is 28.6 Å². The number of hydrogen-bond acceptors (Lipinski definition) is 1. The second kappa shape index (κ2) is 4.43. The van der Waals surface area contributed by atoms with E-state index in [-0.39, 0.29) is 16.7 Å². The highest BCUT2D eigenvalue weighted by Gasteiger charge is 2.59. The molecule has 2 heteroatoms. The van der Waals surface area contributed by atoms with Crippen molar-refractivity contribution in [2.75, 3.05) is 0 Å². The molecule has 5 atom stereocenters. The minimum absolute atomic E-state index is 0.0955. The maximum atomic E-state index is 14.8. The Kier molecular flexibility index (Phi) is 2.94. The van der Waals surface area contributed by atoms with Crippen molar-refractivity contribution in [1.82, 2.24) is 0 Å². The fourth-order valence-electron chi connectivity index (χ4n) is 6.55. The quantitative estimate of drug-likeness (QED) is 0.599. The number of allylic oxidation sites excluding steroid dienone is 2. The molecular formula is C19H27FO. The van der Waals surface area contributed by atoms with E-state index in [1.54, 1.807) is 0 Å². The van der Waals surface area contributed by atoms with Gasteiger partial charge in [0.1, 0.15) is 5.78 Å². The Morgan fingerprint density at radius 1 is 1.00 bits per heavy atom. The second-order valence-corrected chi connectivity index (χ2v) is 8.51. The molecule has 0 aliphatic heterocycles. The van der Waals surface area contributed by atoms with Gasteiger partial charge >= 0.3 is 0 Å². The third kappa shape index (κ3) is 1.71. The second-order valence-electron chi connectivity index (χ2n) is 8.51. The molecule has 0 spiro atoms. The van der Waals surface area contributed by atoms with Gasteiger partial charge in [-0.1, -0.05) is 20.3 Å². The summed E-state index contributed by atoms with van der Waals surface area (Å²) < 4.78 is 14.8. The van der Waals surface area contributed by atoms with E-state index in [1.165, 1.54) is 6.42 Å². The van der Waals surface area contributed by atoms with Gasteiger partial charge in [-0.2, -0.15) is 0 Å². The highest BCUT2D eigenvalue weighted by Crippen LogP contribution is 2.65. The molecule has 116 valence electrons.